The number of hydrogen-bond donors (Lipinski definition) is 0. The van der Waals surface area contributed by atoms with Crippen molar-refractivity contribution < 1.29 is 4.74 Å². The minimum Gasteiger partial charge on any atom is -0.493 e. The molecule has 0 saturated carbocycles. The molecule has 0 bridgehead atoms. The predicted octanol–water partition coefficient (Wildman–Crippen LogP) is 4.03. The zero-order valence-corrected chi connectivity index (χ0v) is 10.4. The van der Waals surface area contributed by atoms with Gasteiger partial charge in [-0.15, -0.1) is 0 Å². The second-order valence-corrected chi connectivity index (χ2v) is 4.37. The quantitative estimate of drug-likeness (QED) is 0.775. The van der Waals surface area contributed by atoms with E-state index in [-0.39, 0.29) is 0 Å². The fourth-order valence-corrected chi connectivity index (χ4v) is 1.70. The molecular formula is C13H16ClNO. The van der Waals surface area contributed by atoms with Gasteiger partial charge in [0.2, 0.25) is 0 Å². The maximum Gasteiger partial charge on any atom is 0.120 e. The van der Waals surface area contributed by atoms with Crippen LogP contribution in [0.15, 0.2) is 18.2 Å². The van der Waals surface area contributed by atoms with Crippen molar-refractivity contribution in [1.82, 2.24) is 0 Å². The Balaban J connectivity index is 2.56. The van der Waals surface area contributed by atoms with E-state index in [1.54, 1.807) is 18.2 Å². The SMILES string of the molecule is CCCC(C)COc1ccc(C#N)c(Cl)c1. The molecule has 1 aromatic carbocycles. The maximum absolute atomic E-state index is 8.72. The Bertz CT molecular complexity index is 384. The Kier molecular flexibility index (Phi) is 5.14. The minimum atomic E-state index is 0.447. The summed E-state index contributed by atoms with van der Waals surface area (Å²) in [5, 5.41) is 9.17. The molecule has 0 aliphatic heterocycles. The highest BCUT2D eigenvalue weighted by Gasteiger charge is 2.04. The lowest BCUT2D eigenvalue weighted by molar-refractivity contribution is 0.251. The number of hydrogen-bond acceptors (Lipinski definition) is 2. The van der Waals surface area contributed by atoms with Gasteiger partial charge in [-0.3, -0.25) is 0 Å². The van der Waals surface area contributed by atoms with Crippen LogP contribution < -0.4 is 4.74 Å². The number of nitrogens with zero attached hydrogens (tertiary/aromatic N) is 1. The van der Waals surface area contributed by atoms with Gasteiger partial charge in [-0.05, 0) is 24.5 Å². The van der Waals surface area contributed by atoms with Gasteiger partial charge in [0.25, 0.3) is 0 Å². The van der Waals surface area contributed by atoms with Gasteiger partial charge in [-0.1, -0.05) is 31.9 Å². The highest BCUT2D eigenvalue weighted by molar-refractivity contribution is 6.31. The third kappa shape index (κ3) is 3.75. The normalized spacial score (nSPS) is 11.9. The van der Waals surface area contributed by atoms with E-state index in [0.29, 0.717) is 23.1 Å². The first kappa shape index (κ1) is 12.9. The molecule has 1 aromatic rings. The molecule has 0 aromatic heterocycles. The molecule has 3 heteroatoms. The largest absolute Gasteiger partial charge is 0.493 e. The van der Waals surface area contributed by atoms with E-state index in [2.05, 4.69) is 13.8 Å². The van der Waals surface area contributed by atoms with Crippen molar-refractivity contribution in [1.29, 1.82) is 5.26 Å². The molecule has 0 radical (unpaired) electrons. The highest BCUT2D eigenvalue weighted by Crippen LogP contribution is 2.22. The average molecular weight is 238 g/mol. The Morgan fingerprint density at radius 1 is 1.50 bits per heavy atom. The van der Waals surface area contributed by atoms with Gasteiger partial charge in [-0.25, -0.2) is 0 Å². The van der Waals surface area contributed by atoms with E-state index in [9.17, 15) is 0 Å². The lowest BCUT2D eigenvalue weighted by Crippen LogP contribution is -2.08. The van der Waals surface area contributed by atoms with E-state index < -0.39 is 0 Å². The zero-order chi connectivity index (χ0) is 12.0. The Morgan fingerprint density at radius 3 is 2.81 bits per heavy atom. The number of halogens is 1. The minimum absolute atomic E-state index is 0.447. The van der Waals surface area contributed by atoms with Crippen LogP contribution in [0.5, 0.6) is 5.75 Å². The second-order valence-electron chi connectivity index (χ2n) is 3.96. The van der Waals surface area contributed by atoms with Crippen LogP contribution in [0, 0.1) is 17.2 Å². The van der Waals surface area contributed by atoms with Gasteiger partial charge in [0.15, 0.2) is 0 Å². The number of benzene rings is 1. The van der Waals surface area contributed by atoms with Crippen molar-refractivity contribution in [3.8, 4) is 11.8 Å². The van der Waals surface area contributed by atoms with Crippen molar-refractivity contribution >= 4 is 11.6 Å². The van der Waals surface area contributed by atoms with E-state index in [1.807, 2.05) is 6.07 Å². The summed E-state index contributed by atoms with van der Waals surface area (Å²) >= 11 is 5.90. The Morgan fingerprint density at radius 2 is 2.25 bits per heavy atom. The monoisotopic (exact) mass is 237 g/mol. The number of nitriles is 1. The average Bonchev–Trinajstić information content (AvgIpc) is 2.27. The van der Waals surface area contributed by atoms with Gasteiger partial charge >= 0.3 is 0 Å². The molecule has 0 spiro atoms. The van der Waals surface area contributed by atoms with Crippen molar-refractivity contribution in [2.45, 2.75) is 26.7 Å². The summed E-state index contributed by atoms with van der Waals surface area (Å²) in [4.78, 5) is 0. The van der Waals surface area contributed by atoms with E-state index in [0.717, 1.165) is 12.2 Å². The number of rotatable bonds is 5. The maximum atomic E-state index is 8.72. The van der Waals surface area contributed by atoms with Crippen molar-refractivity contribution in [3.63, 3.8) is 0 Å². The third-order valence-electron chi connectivity index (χ3n) is 2.38. The fraction of sp³-hybridized carbons (Fsp3) is 0.462. The molecule has 0 aliphatic rings. The summed E-state index contributed by atoms with van der Waals surface area (Å²) in [5.74, 6) is 1.27. The first-order chi connectivity index (χ1) is 7.67. The van der Waals surface area contributed by atoms with Gasteiger partial charge in [0, 0.05) is 6.07 Å². The van der Waals surface area contributed by atoms with Gasteiger partial charge in [0.05, 0.1) is 17.2 Å². The predicted molar refractivity (Wildman–Crippen MR) is 65.7 cm³/mol. The van der Waals surface area contributed by atoms with Crippen LogP contribution in [0.2, 0.25) is 5.02 Å². The lowest BCUT2D eigenvalue weighted by atomic mass is 10.1. The second kappa shape index (κ2) is 6.40. The molecule has 0 heterocycles. The van der Waals surface area contributed by atoms with Crippen LogP contribution in [-0.4, -0.2) is 6.61 Å². The summed E-state index contributed by atoms with van der Waals surface area (Å²) in [7, 11) is 0. The summed E-state index contributed by atoms with van der Waals surface area (Å²) in [5.41, 5.74) is 0.482. The number of ether oxygens (including phenoxy) is 1. The molecule has 0 N–H and O–H groups in total. The molecule has 0 aliphatic carbocycles. The molecule has 86 valence electrons. The summed E-state index contributed by atoms with van der Waals surface area (Å²) in [6, 6.07) is 7.18. The van der Waals surface area contributed by atoms with Crippen LogP contribution in [0.1, 0.15) is 32.3 Å². The first-order valence-corrected chi connectivity index (χ1v) is 5.87. The molecule has 2 nitrogen and oxygen atoms in total. The smallest absolute Gasteiger partial charge is 0.120 e. The first-order valence-electron chi connectivity index (χ1n) is 5.49. The van der Waals surface area contributed by atoms with Crippen LogP contribution in [0.4, 0.5) is 0 Å². The van der Waals surface area contributed by atoms with Crippen LogP contribution >= 0.6 is 11.6 Å². The van der Waals surface area contributed by atoms with E-state index in [4.69, 9.17) is 21.6 Å². The molecule has 1 atom stereocenters. The van der Waals surface area contributed by atoms with Gasteiger partial charge in [0.1, 0.15) is 11.8 Å². The van der Waals surface area contributed by atoms with Crippen LogP contribution in [0.3, 0.4) is 0 Å². The highest BCUT2D eigenvalue weighted by atomic mass is 35.5. The summed E-state index contributed by atoms with van der Waals surface area (Å²) in [6.07, 6.45) is 2.32. The molecule has 0 fully saturated rings. The van der Waals surface area contributed by atoms with Crippen molar-refractivity contribution in [2.24, 2.45) is 5.92 Å². The fourth-order valence-electron chi connectivity index (χ4n) is 1.49. The van der Waals surface area contributed by atoms with E-state index in [1.165, 1.54) is 6.42 Å². The van der Waals surface area contributed by atoms with Crippen LogP contribution in [-0.2, 0) is 0 Å². The topological polar surface area (TPSA) is 33.0 Å². The molecule has 16 heavy (non-hydrogen) atoms. The zero-order valence-electron chi connectivity index (χ0n) is 9.66. The van der Waals surface area contributed by atoms with Crippen LogP contribution in [0.25, 0.3) is 0 Å². The van der Waals surface area contributed by atoms with Gasteiger partial charge in [-0.2, -0.15) is 5.26 Å². The van der Waals surface area contributed by atoms with Crippen molar-refractivity contribution in [3.05, 3.63) is 28.8 Å². The molecule has 0 amide bonds. The van der Waals surface area contributed by atoms with E-state index >= 15 is 0 Å². The molecule has 0 saturated heterocycles. The lowest BCUT2D eigenvalue weighted by Gasteiger charge is -2.12. The standard InChI is InChI=1S/C13H16ClNO/c1-3-4-10(2)9-16-12-6-5-11(8-15)13(14)7-12/h5-7,10H,3-4,9H2,1-2H3. The summed E-state index contributed by atoms with van der Waals surface area (Å²) in [6.45, 7) is 5.01. The third-order valence-corrected chi connectivity index (χ3v) is 2.69. The van der Waals surface area contributed by atoms with Crippen molar-refractivity contribution in [2.75, 3.05) is 6.61 Å². The molecular weight excluding hydrogens is 222 g/mol. The Labute approximate surface area is 102 Å². The Hall–Kier alpha value is -1.20. The van der Waals surface area contributed by atoms with Gasteiger partial charge < -0.3 is 4.74 Å². The summed E-state index contributed by atoms with van der Waals surface area (Å²) < 4.78 is 5.61. The molecule has 1 rings (SSSR count). The molecule has 1 unspecified atom stereocenters.